The van der Waals surface area contributed by atoms with Crippen LogP contribution in [0.1, 0.15) is 22.8 Å². The summed E-state index contributed by atoms with van der Waals surface area (Å²) in [5.74, 6) is 0.701. The first-order valence-corrected chi connectivity index (χ1v) is 9.71. The van der Waals surface area contributed by atoms with E-state index in [0.717, 1.165) is 41.9 Å². The van der Waals surface area contributed by atoms with E-state index in [-0.39, 0.29) is 0 Å². The summed E-state index contributed by atoms with van der Waals surface area (Å²) in [5.41, 5.74) is 4.90. The van der Waals surface area contributed by atoms with Gasteiger partial charge in [0.05, 0.1) is 15.7 Å². The van der Waals surface area contributed by atoms with Gasteiger partial charge >= 0.3 is 0 Å². The molecule has 5 rings (SSSR count). The van der Waals surface area contributed by atoms with E-state index in [9.17, 15) is 0 Å². The van der Waals surface area contributed by atoms with Crippen molar-refractivity contribution < 1.29 is 0 Å². The third kappa shape index (κ3) is 2.34. The minimum atomic E-state index is 0.511. The third-order valence-corrected chi connectivity index (χ3v) is 6.17. The highest BCUT2D eigenvalue weighted by molar-refractivity contribution is 9.10. The van der Waals surface area contributed by atoms with Gasteiger partial charge in [0.25, 0.3) is 0 Å². The van der Waals surface area contributed by atoms with Crippen molar-refractivity contribution in [2.75, 3.05) is 0 Å². The maximum absolute atomic E-state index is 4.74. The van der Waals surface area contributed by atoms with E-state index in [1.165, 1.54) is 5.56 Å². The van der Waals surface area contributed by atoms with Crippen LogP contribution in [0.2, 0.25) is 0 Å². The van der Waals surface area contributed by atoms with Gasteiger partial charge in [0.15, 0.2) is 11.5 Å². The first kappa shape index (κ1) is 15.8. The number of thiophene rings is 1. The van der Waals surface area contributed by atoms with Crippen LogP contribution in [0.15, 0.2) is 23.1 Å². The lowest BCUT2D eigenvalue weighted by atomic mass is 10.1. The van der Waals surface area contributed by atoms with E-state index >= 15 is 0 Å². The van der Waals surface area contributed by atoms with Crippen molar-refractivity contribution in [3.8, 4) is 0 Å². The minimum Gasteiger partial charge on any atom is -0.264 e. The smallest absolute Gasteiger partial charge is 0.176 e. The largest absolute Gasteiger partial charge is 0.264 e. The standard InChI is InChI=1S/C17H14BrN7S/c1-8-4-9(2)20-17-13(8)14-15(26-17)16-21-12(23-25(16)7-19-14)6-24-5-11(18)10(3)22-24/h4-5,7H,6H2,1-3H3. The molecule has 0 unspecified atom stereocenters. The van der Waals surface area contributed by atoms with E-state index in [4.69, 9.17) is 4.98 Å². The molecule has 130 valence electrons. The lowest BCUT2D eigenvalue weighted by Gasteiger charge is -1.98. The van der Waals surface area contributed by atoms with Crippen molar-refractivity contribution in [2.24, 2.45) is 0 Å². The SMILES string of the molecule is Cc1cc(C)c2c(n1)sc1c2ncn2nc(Cn3cc(Br)c(C)n3)nc12. The van der Waals surface area contributed by atoms with Crippen LogP contribution in [0, 0.1) is 20.8 Å². The molecule has 0 spiro atoms. The second kappa shape index (κ2) is 5.55. The molecule has 0 aliphatic carbocycles. The van der Waals surface area contributed by atoms with Crippen molar-refractivity contribution in [2.45, 2.75) is 27.3 Å². The van der Waals surface area contributed by atoms with E-state index in [2.05, 4.69) is 49.1 Å². The molecule has 0 radical (unpaired) electrons. The average Bonchev–Trinajstić information content (AvgIpc) is 3.22. The van der Waals surface area contributed by atoms with E-state index < -0.39 is 0 Å². The fourth-order valence-corrected chi connectivity index (χ4v) is 4.74. The number of fused-ring (bicyclic) bond motifs is 5. The lowest BCUT2D eigenvalue weighted by Crippen LogP contribution is -2.02. The van der Waals surface area contributed by atoms with Gasteiger partial charge in [-0.15, -0.1) is 16.4 Å². The Hall–Kier alpha value is -2.39. The van der Waals surface area contributed by atoms with Gasteiger partial charge in [-0.2, -0.15) is 5.10 Å². The molecular formula is C17H14BrN7S. The number of hydrogen-bond acceptors (Lipinski definition) is 6. The zero-order valence-corrected chi connectivity index (χ0v) is 16.8. The van der Waals surface area contributed by atoms with Crippen molar-refractivity contribution >= 4 is 53.3 Å². The predicted octanol–water partition coefficient (Wildman–Crippen LogP) is 3.82. The van der Waals surface area contributed by atoms with E-state index in [1.807, 2.05) is 24.7 Å². The summed E-state index contributed by atoms with van der Waals surface area (Å²) in [4.78, 5) is 15.0. The van der Waals surface area contributed by atoms with Crippen LogP contribution < -0.4 is 0 Å². The monoisotopic (exact) mass is 427 g/mol. The van der Waals surface area contributed by atoms with Crippen molar-refractivity contribution in [3.05, 3.63) is 45.8 Å². The van der Waals surface area contributed by atoms with Gasteiger partial charge in [-0.1, -0.05) is 0 Å². The van der Waals surface area contributed by atoms with Crippen molar-refractivity contribution in [3.63, 3.8) is 0 Å². The zero-order valence-electron chi connectivity index (χ0n) is 14.4. The van der Waals surface area contributed by atoms with Crippen LogP contribution in [0.3, 0.4) is 0 Å². The van der Waals surface area contributed by atoms with E-state index in [1.54, 1.807) is 22.2 Å². The molecule has 5 aromatic heterocycles. The molecule has 0 aromatic carbocycles. The van der Waals surface area contributed by atoms with Crippen molar-refractivity contribution in [1.82, 2.24) is 34.3 Å². The lowest BCUT2D eigenvalue weighted by molar-refractivity contribution is 0.648. The highest BCUT2D eigenvalue weighted by atomic mass is 79.9. The highest BCUT2D eigenvalue weighted by Gasteiger charge is 2.16. The van der Waals surface area contributed by atoms with Gasteiger partial charge < -0.3 is 0 Å². The summed E-state index contributed by atoms with van der Waals surface area (Å²) >= 11 is 5.10. The summed E-state index contributed by atoms with van der Waals surface area (Å²) < 4.78 is 5.56. The molecule has 0 atom stereocenters. The molecule has 0 aliphatic heterocycles. The van der Waals surface area contributed by atoms with Gasteiger partial charge in [-0.05, 0) is 48.3 Å². The number of rotatable bonds is 2. The van der Waals surface area contributed by atoms with Crippen molar-refractivity contribution in [1.29, 1.82) is 0 Å². The second-order valence-corrected chi connectivity index (χ2v) is 8.19. The van der Waals surface area contributed by atoms with Crippen LogP contribution in [0.5, 0.6) is 0 Å². The molecule has 0 aliphatic rings. The van der Waals surface area contributed by atoms with Gasteiger partial charge in [0, 0.05) is 17.3 Å². The zero-order chi connectivity index (χ0) is 18.0. The van der Waals surface area contributed by atoms with Crippen LogP contribution in [0.25, 0.3) is 26.1 Å². The Morgan fingerprint density at radius 2 is 2.00 bits per heavy atom. The number of halogens is 1. The average molecular weight is 428 g/mol. The minimum absolute atomic E-state index is 0.511. The number of nitrogens with zero attached hydrogens (tertiary/aromatic N) is 7. The summed E-state index contributed by atoms with van der Waals surface area (Å²) in [6.45, 7) is 6.58. The van der Waals surface area contributed by atoms with Gasteiger partial charge in [0.1, 0.15) is 22.4 Å². The Morgan fingerprint density at radius 3 is 2.77 bits per heavy atom. The molecule has 5 aromatic rings. The molecule has 0 N–H and O–H groups in total. The summed E-state index contributed by atoms with van der Waals surface area (Å²) in [5, 5.41) is 10.1. The van der Waals surface area contributed by atoms with Crippen LogP contribution in [0.4, 0.5) is 0 Å². The maximum atomic E-state index is 4.74. The van der Waals surface area contributed by atoms with Crippen LogP contribution >= 0.6 is 27.3 Å². The number of aryl methyl sites for hydroxylation is 3. The Morgan fingerprint density at radius 1 is 1.15 bits per heavy atom. The Bertz CT molecular complexity index is 1290. The maximum Gasteiger partial charge on any atom is 0.176 e. The molecule has 0 bridgehead atoms. The van der Waals surface area contributed by atoms with Crippen LogP contribution in [-0.4, -0.2) is 34.3 Å². The number of aromatic nitrogens is 7. The predicted molar refractivity (Wildman–Crippen MR) is 105 cm³/mol. The normalized spacial score (nSPS) is 12.0. The Kier molecular flexibility index (Phi) is 3.38. The molecular weight excluding hydrogens is 414 g/mol. The fourth-order valence-electron chi connectivity index (χ4n) is 3.20. The van der Waals surface area contributed by atoms with Gasteiger partial charge in [0.2, 0.25) is 0 Å². The second-order valence-electron chi connectivity index (χ2n) is 6.34. The molecule has 0 fully saturated rings. The molecule has 0 saturated carbocycles. The molecule has 0 amide bonds. The van der Waals surface area contributed by atoms with Gasteiger partial charge in [-0.25, -0.2) is 19.5 Å². The summed E-state index contributed by atoms with van der Waals surface area (Å²) in [6.07, 6.45) is 3.66. The fraction of sp³-hybridized carbons (Fsp3) is 0.235. The van der Waals surface area contributed by atoms with Crippen LogP contribution in [-0.2, 0) is 6.54 Å². The molecule has 9 heteroatoms. The molecule has 0 saturated heterocycles. The first-order valence-electron chi connectivity index (χ1n) is 8.10. The number of pyridine rings is 1. The molecule has 26 heavy (non-hydrogen) atoms. The third-order valence-electron chi connectivity index (χ3n) is 4.33. The van der Waals surface area contributed by atoms with Gasteiger partial charge in [-0.3, -0.25) is 4.68 Å². The summed E-state index contributed by atoms with van der Waals surface area (Å²) in [6, 6.07) is 2.09. The number of hydrogen-bond donors (Lipinski definition) is 0. The topological polar surface area (TPSA) is 73.8 Å². The molecule has 7 nitrogen and oxygen atoms in total. The molecule has 5 heterocycles. The van der Waals surface area contributed by atoms with E-state index in [0.29, 0.717) is 12.4 Å². The quantitative estimate of drug-likeness (QED) is 0.428. The highest BCUT2D eigenvalue weighted by Crippen LogP contribution is 2.35. The Balaban J connectivity index is 1.70. The first-order chi connectivity index (χ1) is 12.5. The Labute approximate surface area is 160 Å². The summed E-state index contributed by atoms with van der Waals surface area (Å²) in [7, 11) is 0.